The van der Waals surface area contributed by atoms with Crippen molar-refractivity contribution >= 4 is 11.9 Å². The topological polar surface area (TPSA) is 76.1 Å². The number of carbonyl (C=O) groups excluding carboxylic acids is 2. The summed E-state index contributed by atoms with van der Waals surface area (Å²) in [5.41, 5.74) is -1.11. The first-order chi connectivity index (χ1) is 11.2. The fourth-order valence-electron chi connectivity index (χ4n) is 3.19. The highest BCUT2D eigenvalue weighted by Crippen LogP contribution is 2.39. The van der Waals surface area contributed by atoms with Crippen LogP contribution in [0.3, 0.4) is 0 Å². The molecule has 1 aromatic carbocycles. The molecule has 6 nitrogen and oxygen atoms in total. The predicted molar refractivity (Wildman–Crippen MR) is 87.2 cm³/mol. The number of para-hydroxylation sites is 1. The van der Waals surface area contributed by atoms with Gasteiger partial charge in [-0.3, -0.25) is 4.79 Å². The first-order valence-electron chi connectivity index (χ1n) is 8.20. The zero-order chi connectivity index (χ0) is 17.5. The van der Waals surface area contributed by atoms with Gasteiger partial charge in [0.15, 0.2) is 11.9 Å². The average Bonchev–Trinajstić information content (AvgIpc) is 2.52. The van der Waals surface area contributed by atoms with Crippen LogP contribution in [0.1, 0.15) is 44.0 Å². The van der Waals surface area contributed by atoms with E-state index in [1.54, 1.807) is 29.2 Å². The molecule has 24 heavy (non-hydrogen) atoms. The molecule has 2 aliphatic rings. The lowest BCUT2D eigenvalue weighted by atomic mass is 9.80. The first kappa shape index (κ1) is 16.8. The molecule has 0 aromatic heterocycles. The molecule has 2 heterocycles. The second kappa shape index (κ2) is 5.77. The zero-order valence-electron chi connectivity index (χ0n) is 14.2. The molecule has 1 fully saturated rings. The van der Waals surface area contributed by atoms with Gasteiger partial charge in [-0.2, -0.15) is 0 Å². The lowest BCUT2D eigenvalue weighted by Gasteiger charge is -2.46. The molecule has 0 bridgehead atoms. The van der Waals surface area contributed by atoms with Gasteiger partial charge in [-0.15, -0.1) is 0 Å². The Balaban J connectivity index is 1.74. The van der Waals surface area contributed by atoms with E-state index >= 15 is 0 Å². The van der Waals surface area contributed by atoms with Gasteiger partial charge in [0.25, 0.3) is 0 Å². The summed E-state index contributed by atoms with van der Waals surface area (Å²) in [4.78, 5) is 26.2. The van der Waals surface area contributed by atoms with Crippen molar-refractivity contribution in [2.75, 3.05) is 13.1 Å². The number of rotatable bonds is 0. The number of nitrogens with zero attached hydrogens (tertiary/aromatic N) is 1. The summed E-state index contributed by atoms with van der Waals surface area (Å²) < 4.78 is 11.4. The molecule has 1 unspecified atom stereocenters. The van der Waals surface area contributed by atoms with E-state index < -0.39 is 17.3 Å². The van der Waals surface area contributed by atoms with Crippen LogP contribution >= 0.6 is 0 Å². The van der Waals surface area contributed by atoms with Crippen LogP contribution in [0, 0.1) is 0 Å². The maximum Gasteiger partial charge on any atom is 0.410 e. The summed E-state index contributed by atoms with van der Waals surface area (Å²) in [5, 5.41) is 10.5. The van der Waals surface area contributed by atoms with Crippen molar-refractivity contribution in [3.8, 4) is 5.75 Å². The van der Waals surface area contributed by atoms with Crippen LogP contribution in [-0.4, -0.2) is 52.3 Å². The van der Waals surface area contributed by atoms with Crippen LogP contribution in [0.25, 0.3) is 0 Å². The van der Waals surface area contributed by atoms with Gasteiger partial charge in [-0.25, -0.2) is 4.79 Å². The Hall–Kier alpha value is -2.08. The summed E-state index contributed by atoms with van der Waals surface area (Å²) in [6.07, 6.45) is -0.830. The van der Waals surface area contributed by atoms with E-state index in [1.165, 1.54) is 0 Å². The molecule has 6 heteroatoms. The molecule has 1 atom stereocenters. The molecule has 1 saturated heterocycles. The van der Waals surface area contributed by atoms with Crippen molar-refractivity contribution in [3.05, 3.63) is 29.8 Å². The molecular formula is C18H23NO5. The quantitative estimate of drug-likeness (QED) is 0.789. The van der Waals surface area contributed by atoms with E-state index in [0.717, 1.165) is 0 Å². The number of ketones is 1. The number of aliphatic hydroxyl groups excluding tert-OH is 1. The highest BCUT2D eigenvalue weighted by atomic mass is 16.6. The van der Waals surface area contributed by atoms with E-state index in [4.69, 9.17) is 9.47 Å². The first-order valence-corrected chi connectivity index (χ1v) is 8.20. The van der Waals surface area contributed by atoms with Crippen molar-refractivity contribution in [2.45, 2.75) is 50.9 Å². The third-order valence-corrected chi connectivity index (χ3v) is 4.47. The van der Waals surface area contributed by atoms with Gasteiger partial charge in [0, 0.05) is 25.9 Å². The second-order valence-electron chi connectivity index (χ2n) is 7.40. The van der Waals surface area contributed by atoms with Crippen molar-refractivity contribution in [2.24, 2.45) is 0 Å². The number of hydrogen-bond donors (Lipinski definition) is 1. The van der Waals surface area contributed by atoms with E-state index in [1.807, 2.05) is 20.8 Å². The lowest BCUT2D eigenvalue weighted by molar-refractivity contribution is -0.0821. The van der Waals surface area contributed by atoms with Crippen LogP contribution in [-0.2, 0) is 4.74 Å². The van der Waals surface area contributed by atoms with Crippen LogP contribution in [0.15, 0.2) is 24.3 Å². The Morgan fingerprint density at radius 1 is 1.29 bits per heavy atom. The van der Waals surface area contributed by atoms with Gasteiger partial charge in [0.05, 0.1) is 5.56 Å². The number of Topliss-reactive ketones (excluding diaryl/α,β-unsaturated/α-hetero) is 1. The highest BCUT2D eigenvalue weighted by Gasteiger charge is 2.51. The Labute approximate surface area is 141 Å². The number of ether oxygens (including phenoxy) is 2. The Morgan fingerprint density at radius 2 is 1.92 bits per heavy atom. The largest absolute Gasteiger partial charge is 0.483 e. The van der Waals surface area contributed by atoms with Crippen LogP contribution in [0.4, 0.5) is 4.79 Å². The third-order valence-electron chi connectivity index (χ3n) is 4.47. The molecule has 1 spiro atoms. The standard InChI is InChI=1S/C18H23NO5/c1-17(2,3)24-16(22)19-10-8-18(9-11-19)15(21)14(20)12-6-4-5-7-13(12)23-18/h4-7,15,21H,8-11H2,1-3H3. The SMILES string of the molecule is CC(C)(C)OC(=O)N1CCC2(CC1)Oc1ccccc1C(=O)C2O. The minimum atomic E-state index is -1.21. The minimum absolute atomic E-state index is 0.317. The molecule has 2 aliphatic heterocycles. The molecule has 1 amide bonds. The van der Waals surface area contributed by atoms with Gasteiger partial charge in [-0.05, 0) is 32.9 Å². The van der Waals surface area contributed by atoms with Crippen LogP contribution in [0.2, 0.25) is 0 Å². The van der Waals surface area contributed by atoms with Crippen molar-refractivity contribution in [3.63, 3.8) is 0 Å². The van der Waals surface area contributed by atoms with Crippen molar-refractivity contribution in [1.29, 1.82) is 0 Å². The second-order valence-corrected chi connectivity index (χ2v) is 7.40. The molecule has 1 aromatic rings. The summed E-state index contributed by atoms with van der Waals surface area (Å²) in [6.45, 7) is 6.21. The predicted octanol–water partition coefficient (Wildman–Crippen LogP) is 2.39. The number of aliphatic hydroxyl groups is 1. The van der Waals surface area contributed by atoms with E-state index in [-0.39, 0.29) is 11.9 Å². The van der Waals surface area contributed by atoms with E-state index in [0.29, 0.717) is 37.2 Å². The summed E-state index contributed by atoms with van der Waals surface area (Å²) >= 11 is 0. The lowest BCUT2D eigenvalue weighted by Crippen LogP contribution is -2.60. The monoisotopic (exact) mass is 333 g/mol. The summed E-state index contributed by atoms with van der Waals surface area (Å²) in [5.74, 6) is 0.182. The Bertz CT molecular complexity index is 656. The highest BCUT2D eigenvalue weighted by molar-refractivity contribution is 6.03. The van der Waals surface area contributed by atoms with E-state index in [9.17, 15) is 14.7 Å². The molecule has 0 radical (unpaired) electrons. The van der Waals surface area contributed by atoms with Gasteiger partial charge in [0.1, 0.15) is 17.0 Å². The van der Waals surface area contributed by atoms with Crippen molar-refractivity contribution < 1.29 is 24.2 Å². The maximum atomic E-state index is 12.5. The zero-order valence-corrected chi connectivity index (χ0v) is 14.2. The van der Waals surface area contributed by atoms with Gasteiger partial charge < -0.3 is 19.5 Å². The molecule has 3 rings (SSSR count). The maximum absolute atomic E-state index is 12.5. The molecular weight excluding hydrogens is 310 g/mol. The van der Waals surface area contributed by atoms with Crippen LogP contribution < -0.4 is 4.74 Å². The number of carbonyl (C=O) groups is 2. The molecule has 130 valence electrons. The van der Waals surface area contributed by atoms with Crippen molar-refractivity contribution in [1.82, 2.24) is 4.90 Å². The Kier molecular flexibility index (Phi) is 4.03. The van der Waals surface area contributed by atoms with Gasteiger partial charge in [-0.1, -0.05) is 12.1 Å². The van der Waals surface area contributed by atoms with Gasteiger partial charge >= 0.3 is 6.09 Å². The average molecular weight is 333 g/mol. The smallest absolute Gasteiger partial charge is 0.410 e. The fraction of sp³-hybridized carbons (Fsp3) is 0.556. The third kappa shape index (κ3) is 2.98. The number of benzene rings is 1. The number of fused-ring (bicyclic) bond motifs is 1. The van der Waals surface area contributed by atoms with E-state index in [2.05, 4.69) is 0 Å². The number of piperidine rings is 1. The summed E-state index contributed by atoms with van der Waals surface area (Å²) in [7, 11) is 0. The molecule has 0 saturated carbocycles. The van der Waals surface area contributed by atoms with Crippen LogP contribution in [0.5, 0.6) is 5.75 Å². The normalized spacial score (nSPS) is 22.8. The molecule has 1 N–H and O–H groups in total. The Morgan fingerprint density at radius 3 is 2.54 bits per heavy atom. The number of likely N-dealkylation sites (tertiary alicyclic amines) is 1. The summed E-state index contributed by atoms with van der Waals surface area (Å²) in [6, 6.07) is 6.94. The number of amides is 1. The number of hydrogen-bond acceptors (Lipinski definition) is 5. The minimum Gasteiger partial charge on any atom is -0.483 e. The molecule has 0 aliphatic carbocycles. The fourth-order valence-corrected chi connectivity index (χ4v) is 3.19. The van der Waals surface area contributed by atoms with Gasteiger partial charge in [0.2, 0.25) is 0 Å².